The summed E-state index contributed by atoms with van der Waals surface area (Å²) < 4.78 is 0. The number of hydrogen-bond donors (Lipinski definition) is 2. The van der Waals surface area contributed by atoms with Gasteiger partial charge in [0.2, 0.25) is 11.8 Å². The molecule has 0 spiro atoms. The number of benzene rings is 2. The van der Waals surface area contributed by atoms with Crippen molar-refractivity contribution >= 4 is 29.1 Å². The highest BCUT2D eigenvalue weighted by atomic mass is 35.5. The minimum absolute atomic E-state index is 0.328. The van der Waals surface area contributed by atoms with Gasteiger partial charge in [0.15, 0.2) is 0 Å². The first kappa shape index (κ1) is 18.0. The minimum Gasteiger partial charge on any atom is -0.351 e. The molecular weight excluding hydrogens is 324 g/mol. The van der Waals surface area contributed by atoms with Crippen LogP contribution in [0.1, 0.15) is 25.0 Å². The Kier molecular flexibility index (Phi) is 5.62. The van der Waals surface area contributed by atoms with Gasteiger partial charge in [-0.3, -0.25) is 9.59 Å². The van der Waals surface area contributed by atoms with Gasteiger partial charge in [-0.1, -0.05) is 41.9 Å². The Hall–Kier alpha value is -2.33. The summed E-state index contributed by atoms with van der Waals surface area (Å²) in [6.45, 7) is 5.57. The lowest BCUT2D eigenvalue weighted by Gasteiger charge is -2.23. The van der Waals surface area contributed by atoms with Crippen molar-refractivity contribution in [2.75, 3.05) is 5.32 Å². The standard InChI is InChI=1S/C19H21ClN2O2/c1-13-7-4-5-8-14(13)12-21-17(23)19(2,3)18(24)22-16-10-6-9-15(20)11-16/h4-11H,12H2,1-3H3,(H,21,23)(H,22,24). The molecule has 0 radical (unpaired) electrons. The third kappa shape index (κ3) is 4.36. The van der Waals surface area contributed by atoms with Crippen LogP contribution in [0.2, 0.25) is 5.02 Å². The van der Waals surface area contributed by atoms with Gasteiger partial charge < -0.3 is 10.6 Å². The number of carbonyl (C=O) groups is 2. The topological polar surface area (TPSA) is 58.2 Å². The van der Waals surface area contributed by atoms with Crippen molar-refractivity contribution in [3.63, 3.8) is 0 Å². The fraction of sp³-hybridized carbons (Fsp3) is 0.263. The summed E-state index contributed by atoms with van der Waals surface area (Å²) in [5.74, 6) is -0.711. The van der Waals surface area contributed by atoms with Gasteiger partial charge >= 0.3 is 0 Å². The molecule has 4 nitrogen and oxygen atoms in total. The Morgan fingerprint density at radius 3 is 2.42 bits per heavy atom. The van der Waals surface area contributed by atoms with E-state index in [1.54, 1.807) is 38.1 Å². The fourth-order valence-electron chi connectivity index (χ4n) is 2.16. The van der Waals surface area contributed by atoms with E-state index in [2.05, 4.69) is 10.6 Å². The molecule has 0 saturated carbocycles. The number of anilines is 1. The van der Waals surface area contributed by atoms with Crippen LogP contribution in [-0.2, 0) is 16.1 Å². The van der Waals surface area contributed by atoms with E-state index in [0.29, 0.717) is 17.3 Å². The van der Waals surface area contributed by atoms with Crippen molar-refractivity contribution in [2.45, 2.75) is 27.3 Å². The van der Waals surface area contributed by atoms with Crippen LogP contribution in [0, 0.1) is 12.3 Å². The average molecular weight is 345 g/mol. The molecule has 0 atom stereocenters. The molecule has 2 aromatic carbocycles. The number of amides is 2. The van der Waals surface area contributed by atoms with E-state index in [4.69, 9.17) is 11.6 Å². The highest BCUT2D eigenvalue weighted by Gasteiger charge is 2.36. The van der Waals surface area contributed by atoms with Gasteiger partial charge in [0.1, 0.15) is 5.41 Å². The highest BCUT2D eigenvalue weighted by Crippen LogP contribution is 2.21. The molecule has 0 saturated heterocycles. The Bertz CT molecular complexity index is 757. The molecule has 2 rings (SSSR count). The summed E-state index contributed by atoms with van der Waals surface area (Å²) in [7, 11) is 0. The number of halogens is 1. The lowest BCUT2D eigenvalue weighted by atomic mass is 9.90. The first-order valence-electron chi connectivity index (χ1n) is 7.70. The molecule has 0 aliphatic rings. The largest absolute Gasteiger partial charge is 0.351 e. The molecule has 0 aliphatic carbocycles. The number of nitrogens with one attached hydrogen (secondary N) is 2. The number of rotatable bonds is 5. The SMILES string of the molecule is Cc1ccccc1CNC(=O)C(C)(C)C(=O)Nc1cccc(Cl)c1. The first-order chi connectivity index (χ1) is 11.3. The molecule has 0 fully saturated rings. The van der Waals surface area contributed by atoms with Crippen LogP contribution < -0.4 is 10.6 Å². The van der Waals surface area contributed by atoms with E-state index < -0.39 is 5.41 Å². The second kappa shape index (κ2) is 7.49. The number of aryl methyl sites for hydroxylation is 1. The van der Waals surface area contributed by atoms with Crippen LogP contribution in [0.5, 0.6) is 0 Å². The molecule has 2 aromatic rings. The third-order valence-electron chi connectivity index (χ3n) is 3.92. The molecule has 0 aromatic heterocycles. The fourth-order valence-corrected chi connectivity index (χ4v) is 2.35. The summed E-state index contributed by atoms with van der Waals surface area (Å²) in [6, 6.07) is 14.6. The summed E-state index contributed by atoms with van der Waals surface area (Å²) in [5.41, 5.74) is 1.48. The average Bonchev–Trinajstić information content (AvgIpc) is 2.53. The molecule has 2 N–H and O–H groups in total. The van der Waals surface area contributed by atoms with Gasteiger partial charge in [-0.05, 0) is 50.1 Å². The molecule has 0 unspecified atom stereocenters. The van der Waals surface area contributed by atoms with Gasteiger partial charge in [-0.2, -0.15) is 0 Å². The molecule has 126 valence electrons. The van der Waals surface area contributed by atoms with Crippen LogP contribution in [-0.4, -0.2) is 11.8 Å². The van der Waals surface area contributed by atoms with Gasteiger partial charge in [-0.15, -0.1) is 0 Å². The summed E-state index contributed by atoms with van der Waals surface area (Å²) in [4.78, 5) is 24.9. The van der Waals surface area contributed by atoms with E-state index >= 15 is 0 Å². The van der Waals surface area contributed by atoms with Gasteiger partial charge in [0.25, 0.3) is 0 Å². The number of carbonyl (C=O) groups excluding carboxylic acids is 2. The van der Waals surface area contributed by atoms with Gasteiger partial charge in [-0.25, -0.2) is 0 Å². The highest BCUT2D eigenvalue weighted by molar-refractivity contribution is 6.31. The van der Waals surface area contributed by atoms with E-state index in [1.807, 2.05) is 31.2 Å². The van der Waals surface area contributed by atoms with E-state index in [1.165, 1.54) is 0 Å². The van der Waals surface area contributed by atoms with Crippen LogP contribution in [0.3, 0.4) is 0 Å². The van der Waals surface area contributed by atoms with E-state index in [0.717, 1.165) is 11.1 Å². The van der Waals surface area contributed by atoms with Crippen molar-refractivity contribution in [1.29, 1.82) is 0 Å². The van der Waals surface area contributed by atoms with Crippen LogP contribution >= 0.6 is 11.6 Å². The Balaban J connectivity index is 2.01. The monoisotopic (exact) mass is 344 g/mol. The quantitative estimate of drug-likeness (QED) is 0.807. The molecule has 0 heterocycles. The second-order valence-corrected chi connectivity index (χ2v) is 6.64. The van der Waals surface area contributed by atoms with E-state index in [-0.39, 0.29) is 11.8 Å². The predicted octanol–water partition coefficient (Wildman–Crippen LogP) is 3.93. The summed E-state index contributed by atoms with van der Waals surface area (Å²) >= 11 is 5.91. The van der Waals surface area contributed by atoms with Crippen molar-refractivity contribution in [3.8, 4) is 0 Å². The third-order valence-corrected chi connectivity index (χ3v) is 4.15. The van der Waals surface area contributed by atoms with Crippen molar-refractivity contribution in [2.24, 2.45) is 5.41 Å². The van der Waals surface area contributed by atoms with E-state index in [9.17, 15) is 9.59 Å². The molecule has 24 heavy (non-hydrogen) atoms. The Morgan fingerprint density at radius 1 is 1.04 bits per heavy atom. The zero-order valence-corrected chi connectivity index (χ0v) is 14.8. The smallest absolute Gasteiger partial charge is 0.239 e. The van der Waals surface area contributed by atoms with Crippen LogP contribution in [0.15, 0.2) is 48.5 Å². The lowest BCUT2D eigenvalue weighted by Crippen LogP contribution is -2.44. The Morgan fingerprint density at radius 2 is 1.75 bits per heavy atom. The van der Waals surface area contributed by atoms with Crippen LogP contribution in [0.25, 0.3) is 0 Å². The minimum atomic E-state index is -1.20. The summed E-state index contributed by atoms with van der Waals surface area (Å²) in [6.07, 6.45) is 0. The predicted molar refractivity (Wildman–Crippen MR) is 96.9 cm³/mol. The molecule has 0 aliphatic heterocycles. The maximum absolute atomic E-state index is 12.5. The Labute approximate surface area is 147 Å². The zero-order chi connectivity index (χ0) is 17.7. The zero-order valence-electron chi connectivity index (χ0n) is 14.0. The maximum atomic E-state index is 12.5. The van der Waals surface area contributed by atoms with Gasteiger partial charge in [0, 0.05) is 17.3 Å². The lowest BCUT2D eigenvalue weighted by molar-refractivity contribution is -0.138. The maximum Gasteiger partial charge on any atom is 0.239 e. The molecule has 5 heteroatoms. The van der Waals surface area contributed by atoms with Gasteiger partial charge in [0.05, 0.1) is 0 Å². The summed E-state index contributed by atoms with van der Waals surface area (Å²) in [5, 5.41) is 6.08. The van der Waals surface area contributed by atoms with Crippen LogP contribution in [0.4, 0.5) is 5.69 Å². The second-order valence-electron chi connectivity index (χ2n) is 6.20. The molecule has 2 amide bonds. The van der Waals surface area contributed by atoms with Crippen molar-refractivity contribution in [3.05, 3.63) is 64.7 Å². The first-order valence-corrected chi connectivity index (χ1v) is 8.08. The molecule has 0 bridgehead atoms. The normalized spacial score (nSPS) is 11.0. The van der Waals surface area contributed by atoms with Crippen molar-refractivity contribution in [1.82, 2.24) is 5.32 Å². The van der Waals surface area contributed by atoms with Crippen molar-refractivity contribution < 1.29 is 9.59 Å². The molecular formula is C19H21ClN2O2. The number of hydrogen-bond acceptors (Lipinski definition) is 2.